The third-order valence-electron chi connectivity index (χ3n) is 4.57. The summed E-state index contributed by atoms with van der Waals surface area (Å²) in [6.07, 6.45) is 2.91. The summed E-state index contributed by atoms with van der Waals surface area (Å²) in [7, 11) is 0. The molecule has 6 nitrogen and oxygen atoms in total. The molecule has 0 fully saturated rings. The van der Waals surface area contributed by atoms with Gasteiger partial charge in [0.05, 0.1) is 0 Å². The molecule has 0 bridgehead atoms. The van der Waals surface area contributed by atoms with E-state index in [2.05, 4.69) is 37.9 Å². The molecule has 0 unspecified atom stereocenters. The van der Waals surface area contributed by atoms with Gasteiger partial charge in [0.25, 0.3) is 5.91 Å². The maximum atomic E-state index is 12.2. The Bertz CT molecular complexity index is 1060. The Labute approximate surface area is 163 Å². The molecule has 0 saturated carbocycles. The van der Waals surface area contributed by atoms with E-state index >= 15 is 0 Å². The van der Waals surface area contributed by atoms with Crippen LogP contribution < -0.4 is 10.6 Å². The van der Waals surface area contributed by atoms with Gasteiger partial charge in [-0.1, -0.05) is 48.5 Å². The van der Waals surface area contributed by atoms with Crippen molar-refractivity contribution in [1.29, 1.82) is 0 Å². The second kappa shape index (κ2) is 8.35. The van der Waals surface area contributed by atoms with Gasteiger partial charge in [0.15, 0.2) is 5.69 Å². The molecule has 6 heteroatoms. The van der Waals surface area contributed by atoms with Crippen molar-refractivity contribution in [2.45, 2.75) is 13.0 Å². The van der Waals surface area contributed by atoms with Crippen molar-refractivity contribution >= 4 is 22.6 Å². The van der Waals surface area contributed by atoms with E-state index in [0.717, 1.165) is 24.0 Å². The lowest BCUT2D eigenvalue weighted by atomic mass is 10.1. The van der Waals surface area contributed by atoms with Gasteiger partial charge in [0, 0.05) is 30.2 Å². The Kier molecular flexibility index (Phi) is 5.29. The van der Waals surface area contributed by atoms with Crippen LogP contribution in [0, 0.1) is 0 Å². The number of nitrogens with zero attached hydrogens (tertiary/aromatic N) is 2. The molecule has 0 aliphatic heterocycles. The molecule has 0 saturated heterocycles. The van der Waals surface area contributed by atoms with E-state index in [4.69, 9.17) is 0 Å². The number of hydrogen-bond donors (Lipinski definition) is 3. The van der Waals surface area contributed by atoms with Crippen molar-refractivity contribution in [3.63, 3.8) is 0 Å². The smallest absolute Gasteiger partial charge is 0.272 e. The first-order chi connectivity index (χ1) is 13.8. The summed E-state index contributed by atoms with van der Waals surface area (Å²) in [4.78, 5) is 15.5. The van der Waals surface area contributed by atoms with Gasteiger partial charge in [-0.2, -0.15) is 0 Å². The van der Waals surface area contributed by atoms with Crippen LogP contribution in [0.5, 0.6) is 0 Å². The predicted octanol–water partition coefficient (Wildman–Crippen LogP) is 3.54. The van der Waals surface area contributed by atoms with Gasteiger partial charge in [-0.25, -0.2) is 0 Å². The van der Waals surface area contributed by atoms with E-state index in [1.54, 1.807) is 12.1 Å². The Morgan fingerprint density at radius 1 is 0.929 bits per heavy atom. The van der Waals surface area contributed by atoms with E-state index in [1.807, 2.05) is 48.7 Å². The van der Waals surface area contributed by atoms with Gasteiger partial charge in [0.2, 0.25) is 0 Å². The normalized spacial score (nSPS) is 10.7. The predicted molar refractivity (Wildman–Crippen MR) is 110 cm³/mol. The van der Waals surface area contributed by atoms with Crippen LogP contribution in [0.15, 0.2) is 72.9 Å². The van der Waals surface area contributed by atoms with Crippen LogP contribution in [0.25, 0.3) is 10.9 Å². The standard InChI is InChI=1S/C22H21N5O/c28-22(25-14-16-6-2-1-3-7-16)20-10-11-21(27-26-20)23-13-12-17-15-24-19-9-5-4-8-18(17)19/h1-11,15,24H,12-14H2,(H,23,27)(H,25,28). The van der Waals surface area contributed by atoms with Crippen molar-refractivity contribution in [1.82, 2.24) is 20.5 Å². The molecular formula is C22H21N5O. The van der Waals surface area contributed by atoms with Crippen molar-refractivity contribution in [3.05, 3.63) is 89.7 Å². The maximum absolute atomic E-state index is 12.2. The topological polar surface area (TPSA) is 82.7 Å². The molecule has 1 amide bonds. The molecule has 2 aromatic carbocycles. The Morgan fingerprint density at radius 3 is 2.57 bits per heavy atom. The number of rotatable bonds is 7. The zero-order valence-electron chi connectivity index (χ0n) is 15.4. The third kappa shape index (κ3) is 4.17. The number of anilines is 1. The zero-order chi connectivity index (χ0) is 19.2. The number of hydrogen-bond acceptors (Lipinski definition) is 4. The van der Waals surface area contributed by atoms with Crippen molar-refractivity contribution in [2.24, 2.45) is 0 Å². The number of amides is 1. The molecule has 4 aromatic rings. The molecule has 0 spiro atoms. The van der Waals surface area contributed by atoms with Gasteiger partial charge in [-0.05, 0) is 35.7 Å². The second-order valence-electron chi connectivity index (χ2n) is 6.51. The highest BCUT2D eigenvalue weighted by atomic mass is 16.1. The zero-order valence-corrected chi connectivity index (χ0v) is 15.4. The van der Waals surface area contributed by atoms with Gasteiger partial charge >= 0.3 is 0 Å². The number of benzene rings is 2. The van der Waals surface area contributed by atoms with Crippen LogP contribution in [0.2, 0.25) is 0 Å². The number of carbonyl (C=O) groups is 1. The van der Waals surface area contributed by atoms with Crippen molar-refractivity contribution in [3.8, 4) is 0 Å². The average molecular weight is 371 g/mol. The fourth-order valence-corrected chi connectivity index (χ4v) is 3.08. The van der Waals surface area contributed by atoms with Gasteiger partial charge in [-0.15, -0.1) is 10.2 Å². The summed E-state index contributed by atoms with van der Waals surface area (Å²) in [6.45, 7) is 1.20. The Balaban J connectivity index is 1.29. The molecule has 4 rings (SSSR count). The first-order valence-corrected chi connectivity index (χ1v) is 9.24. The number of H-pyrrole nitrogens is 1. The molecule has 3 N–H and O–H groups in total. The highest BCUT2D eigenvalue weighted by molar-refractivity contribution is 5.92. The first-order valence-electron chi connectivity index (χ1n) is 9.24. The minimum absolute atomic E-state index is 0.235. The molecule has 140 valence electrons. The van der Waals surface area contributed by atoms with Gasteiger partial charge < -0.3 is 15.6 Å². The summed E-state index contributed by atoms with van der Waals surface area (Å²) < 4.78 is 0. The number of aromatic amines is 1. The second-order valence-corrected chi connectivity index (χ2v) is 6.51. The average Bonchev–Trinajstić information content (AvgIpc) is 3.16. The lowest BCUT2D eigenvalue weighted by Gasteiger charge is -2.06. The number of para-hydroxylation sites is 1. The number of carbonyl (C=O) groups excluding carboxylic acids is 1. The van der Waals surface area contributed by atoms with Crippen LogP contribution in [-0.2, 0) is 13.0 Å². The Morgan fingerprint density at radius 2 is 1.75 bits per heavy atom. The molecule has 2 heterocycles. The summed E-state index contributed by atoms with van der Waals surface area (Å²) >= 11 is 0. The summed E-state index contributed by atoms with van der Waals surface area (Å²) in [5.74, 6) is 0.418. The largest absolute Gasteiger partial charge is 0.368 e. The summed E-state index contributed by atoms with van der Waals surface area (Å²) in [6, 6.07) is 21.5. The summed E-state index contributed by atoms with van der Waals surface area (Å²) in [5.41, 5.74) is 3.74. The quantitative estimate of drug-likeness (QED) is 0.464. The van der Waals surface area contributed by atoms with Crippen LogP contribution in [0.1, 0.15) is 21.6 Å². The third-order valence-corrected chi connectivity index (χ3v) is 4.57. The lowest BCUT2D eigenvalue weighted by molar-refractivity contribution is 0.0945. The van der Waals surface area contributed by atoms with E-state index in [-0.39, 0.29) is 5.91 Å². The monoisotopic (exact) mass is 371 g/mol. The lowest BCUT2D eigenvalue weighted by Crippen LogP contribution is -2.24. The van der Waals surface area contributed by atoms with E-state index in [0.29, 0.717) is 18.1 Å². The first kappa shape index (κ1) is 17.7. The van der Waals surface area contributed by atoms with Gasteiger partial charge in [0.1, 0.15) is 5.82 Å². The van der Waals surface area contributed by atoms with Crippen LogP contribution >= 0.6 is 0 Å². The maximum Gasteiger partial charge on any atom is 0.272 e. The molecule has 0 atom stereocenters. The van der Waals surface area contributed by atoms with Crippen molar-refractivity contribution < 1.29 is 4.79 Å². The molecule has 0 radical (unpaired) electrons. The fourth-order valence-electron chi connectivity index (χ4n) is 3.08. The van der Waals surface area contributed by atoms with Crippen LogP contribution in [0.3, 0.4) is 0 Å². The number of nitrogens with one attached hydrogen (secondary N) is 3. The fraction of sp³-hybridized carbons (Fsp3) is 0.136. The molecule has 0 aliphatic rings. The molecular weight excluding hydrogens is 350 g/mol. The van der Waals surface area contributed by atoms with E-state index in [9.17, 15) is 4.79 Å². The molecule has 0 aliphatic carbocycles. The Hall–Kier alpha value is -3.67. The van der Waals surface area contributed by atoms with Crippen molar-refractivity contribution in [2.75, 3.05) is 11.9 Å². The highest BCUT2D eigenvalue weighted by Crippen LogP contribution is 2.18. The van der Waals surface area contributed by atoms with Crippen LogP contribution in [-0.4, -0.2) is 27.6 Å². The SMILES string of the molecule is O=C(NCc1ccccc1)c1ccc(NCCc2c[nH]c3ccccc23)nn1. The number of aromatic nitrogens is 3. The minimum Gasteiger partial charge on any atom is -0.368 e. The minimum atomic E-state index is -0.235. The molecule has 28 heavy (non-hydrogen) atoms. The van der Waals surface area contributed by atoms with Crippen LogP contribution in [0.4, 0.5) is 5.82 Å². The summed E-state index contributed by atoms with van der Waals surface area (Å²) in [5, 5.41) is 15.5. The van der Waals surface area contributed by atoms with Gasteiger partial charge in [-0.3, -0.25) is 4.79 Å². The highest BCUT2D eigenvalue weighted by Gasteiger charge is 2.08. The molecule has 2 aromatic heterocycles. The van der Waals surface area contributed by atoms with E-state index in [1.165, 1.54) is 10.9 Å². The van der Waals surface area contributed by atoms with E-state index < -0.39 is 0 Å². The number of fused-ring (bicyclic) bond motifs is 1.